The van der Waals surface area contributed by atoms with Gasteiger partial charge in [-0.25, -0.2) is 4.98 Å². The zero-order valence-electron chi connectivity index (χ0n) is 6.94. The summed E-state index contributed by atoms with van der Waals surface area (Å²) in [4.78, 5) is 14.5. The minimum atomic E-state index is -0.145. The minimum absolute atomic E-state index is 0.145. The van der Waals surface area contributed by atoms with Gasteiger partial charge < -0.3 is 9.52 Å². The Kier molecular flexibility index (Phi) is 1.55. The number of hydrogen-bond donors (Lipinski definition) is 1. The number of fused-ring (bicyclic) bond motifs is 1. The van der Waals surface area contributed by atoms with Crippen LogP contribution in [0.15, 0.2) is 16.5 Å². The number of aldehydes is 1. The lowest BCUT2D eigenvalue weighted by Crippen LogP contribution is -1.80. The van der Waals surface area contributed by atoms with Gasteiger partial charge in [0.1, 0.15) is 5.52 Å². The Morgan fingerprint density at radius 1 is 1.54 bits per heavy atom. The van der Waals surface area contributed by atoms with E-state index in [4.69, 9.17) is 4.42 Å². The zero-order chi connectivity index (χ0) is 9.42. The van der Waals surface area contributed by atoms with Crippen molar-refractivity contribution >= 4 is 17.4 Å². The van der Waals surface area contributed by atoms with Crippen molar-refractivity contribution in [3.8, 4) is 5.75 Å². The highest BCUT2D eigenvalue weighted by atomic mass is 16.4. The molecule has 0 unspecified atom stereocenters. The van der Waals surface area contributed by atoms with Crippen LogP contribution < -0.4 is 0 Å². The number of hydrogen-bond acceptors (Lipinski definition) is 4. The standard InChI is InChI=1S/C9H7NO3/c1-5-10-7-3-2-6(4-11)8(12)9(7)13-5/h2-4,12H,1H3. The monoisotopic (exact) mass is 177 g/mol. The van der Waals surface area contributed by atoms with Gasteiger partial charge in [0.15, 0.2) is 23.5 Å². The highest BCUT2D eigenvalue weighted by Gasteiger charge is 2.10. The zero-order valence-corrected chi connectivity index (χ0v) is 6.94. The van der Waals surface area contributed by atoms with Crippen LogP contribution in [0, 0.1) is 6.92 Å². The average molecular weight is 177 g/mol. The second-order valence-corrected chi connectivity index (χ2v) is 2.70. The number of oxazole rings is 1. The molecule has 0 amide bonds. The number of carbonyl (C=O) groups excluding carboxylic acids is 1. The Labute approximate surface area is 73.8 Å². The summed E-state index contributed by atoms with van der Waals surface area (Å²) < 4.78 is 5.12. The Morgan fingerprint density at radius 2 is 2.31 bits per heavy atom. The van der Waals surface area contributed by atoms with Gasteiger partial charge in [-0.2, -0.15) is 0 Å². The molecule has 2 rings (SSSR count). The summed E-state index contributed by atoms with van der Waals surface area (Å²) in [6.45, 7) is 1.68. The van der Waals surface area contributed by atoms with Gasteiger partial charge in [0.05, 0.1) is 5.56 Å². The summed E-state index contributed by atoms with van der Waals surface area (Å²) in [7, 11) is 0. The van der Waals surface area contributed by atoms with Gasteiger partial charge in [-0.3, -0.25) is 4.79 Å². The first-order valence-corrected chi connectivity index (χ1v) is 3.76. The van der Waals surface area contributed by atoms with Crippen molar-refractivity contribution in [3.63, 3.8) is 0 Å². The Bertz CT molecular complexity index is 473. The molecule has 1 aromatic carbocycles. The van der Waals surface area contributed by atoms with E-state index in [1.165, 1.54) is 6.07 Å². The van der Waals surface area contributed by atoms with Crippen LogP contribution in [0.2, 0.25) is 0 Å². The maximum Gasteiger partial charge on any atom is 0.197 e. The molecule has 0 spiro atoms. The van der Waals surface area contributed by atoms with Gasteiger partial charge in [-0.05, 0) is 12.1 Å². The molecule has 0 aliphatic carbocycles. The smallest absolute Gasteiger partial charge is 0.197 e. The molecular formula is C9H7NO3. The predicted molar refractivity (Wildman–Crippen MR) is 45.8 cm³/mol. The average Bonchev–Trinajstić information content (AvgIpc) is 2.47. The third-order valence-corrected chi connectivity index (χ3v) is 1.80. The molecule has 0 saturated carbocycles. The number of aryl methyl sites for hydroxylation is 1. The summed E-state index contributed by atoms with van der Waals surface area (Å²) in [5.41, 5.74) is 1.03. The third-order valence-electron chi connectivity index (χ3n) is 1.80. The highest BCUT2D eigenvalue weighted by Crippen LogP contribution is 2.27. The number of nitrogens with zero attached hydrogens (tertiary/aromatic N) is 1. The molecule has 4 heteroatoms. The summed E-state index contributed by atoms with van der Waals surface area (Å²) >= 11 is 0. The molecular weight excluding hydrogens is 170 g/mol. The Morgan fingerprint density at radius 3 is 3.00 bits per heavy atom. The van der Waals surface area contributed by atoms with Gasteiger partial charge in [0.25, 0.3) is 0 Å². The molecule has 1 N–H and O–H groups in total. The number of phenols is 1. The first-order chi connectivity index (χ1) is 6.22. The fourth-order valence-electron chi connectivity index (χ4n) is 1.20. The molecule has 1 heterocycles. The van der Waals surface area contributed by atoms with Crippen LogP contribution in [-0.2, 0) is 0 Å². The largest absolute Gasteiger partial charge is 0.504 e. The minimum Gasteiger partial charge on any atom is -0.504 e. The summed E-state index contributed by atoms with van der Waals surface area (Å²) in [6, 6.07) is 3.14. The van der Waals surface area contributed by atoms with E-state index >= 15 is 0 Å². The van der Waals surface area contributed by atoms with E-state index in [1.54, 1.807) is 13.0 Å². The molecule has 0 aliphatic heterocycles. The lowest BCUT2D eigenvalue weighted by Gasteiger charge is -1.94. The van der Waals surface area contributed by atoms with E-state index in [-0.39, 0.29) is 16.9 Å². The van der Waals surface area contributed by atoms with Crippen LogP contribution in [0.3, 0.4) is 0 Å². The number of aromatic nitrogens is 1. The van der Waals surface area contributed by atoms with E-state index in [0.29, 0.717) is 17.7 Å². The second-order valence-electron chi connectivity index (χ2n) is 2.70. The van der Waals surface area contributed by atoms with Crippen LogP contribution in [0.25, 0.3) is 11.1 Å². The summed E-state index contributed by atoms with van der Waals surface area (Å²) in [5.74, 6) is 0.321. The molecule has 2 aromatic rings. The fraction of sp³-hybridized carbons (Fsp3) is 0.111. The van der Waals surface area contributed by atoms with Gasteiger partial charge >= 0.3 is 0 Å². The number of phenolic OH excluding ortho intramolecular Hbond substituents is 1. The molecule has 13 heavy (non-hydrogen) atoms. The molecule has 0 bridgehead atoms. The van der Waals surface area contributed by atoms with Crippen molar-refractivity contribution in [2.45, 2.75) is 6.92 Å². The van der Waals surface area contributed by atoms with Crippen LogP contribution in [0.1, 0.15) is 16.2 Å². The van der Waals surface area contributed by atoms with E-state index in [1.807, 2.05) is 0 Å². The van der Waals surface area contributed by atoms with E-state index in [2.05, 4.69) is 4.98 Å². The molecule has 1 aromatic heterocycles. The van der Waals surface area contributed by atoms with Crippen molar-refractivity contribution in [2.75, 3.05) is 0 Å². The van der Waals surface area contributed by atoms with Crippen molar-refractivity contribution in [2.24, 2.45) is 0 Å². The Balaban J connectivity index is 2.85. The Hall–Kier alpha value is -1.84. The predicted octanol–water partition coefficient (Wildman–Crippen LogP) is 1.65. The summed E-state index contributed by atoms with van der Waals surface area (Å²) in [5, 5.41) is 9.50. The van der Waals surface area contributed by atoms with Gasteiger partial charge in [0.2, 0.25) is 0 Å². The molecule has 0 aliphatic rings. The first kappa shape index (κ1) is 7.79. The van der Waals surface area contributed by atoms with E-state index in [9.17, 15) is 9.90 Å². The number of aromatic hydroxyl groups is 1. The van der Waals surface area contributed by atoms with Crippen LogP contribution >= 0.6 is 0 Å². The number of carbonyl (C=O) groups is 1. The lowest BCUT2D eigenvalue weighted by atomic mass is 10.2. The topological polar surface area (TPSA) is 63.3 Å². The molecule has 66 valence electrons. The molecule has 0 atom stereocenters. The molecule has 0 fully saturated rings. The molecule has 4 nitrogen and oxygen atoms in total. The molecule has 0 radical (unpaired) electrons. The highest BCUT2D eigenvalue weighted by molar-refractivity contribution is 5.90. The van der Waals surface area contributed by atoms with Crippen LogP contribution in [-0.4, -0.2) is 16.4 Å². The number of rotatable bonds is 1. The van der Waals surface area contributed by atoms with Gasteiger partial charge in [-0.15, -0.1) is 0 Å². The van der Waals surface area contributed by atoms with Gasteiger partial charge in [0, 0.05) is 6.92 Å². The van der Waals surface area contributed by atoms with Crippen molar-refractivity contribution in [1.29, 1.82) is 0 Å². The van der Waals surface area contributed by atoms with Gasteiger partial charge in [-0.1, -0.05) is 0 Å². The summed E-state index contributed by atoms with van der Waals surface area (Å²) in [6.07, 6.45) is 0.576. The van der Waals surface area contributed by atoms with E-state index in [0.717, 1.165) is 0 Å². The fourth-order valence-corrected chi connectivity index (χ4v) is 1.20. The van der Waals surface area contributed by atoms with Crippen molar-refractivity contribution in [1.82, 2.24) is 4.98 Å². The quantitative estimate of drug-likeness (QED) is 0.672. The van der Waals surface area contributed by atoms with Crippen LogP contribution in [0.4, 0.5) is 0 Å². The third kappa shape index (κ3) is 1.07. The number of benzene rings is 1. The normalized spacial score (nSPS) is 10.5. The first-order valence-electron chi connectivity index (χ1n) is 3.76. The SMILES string of the molecule is Cc1nc2ccc(C=O)c(O)c2o1. The second kappa shape index (κ2) is 2.58. The van der Waals surface area contributed by atoms with E-state index < -0.39 is 0 Å². The maximum absolute atomic E-state index is 10.5. The molecule has 0 saturated heterocycles. The van der Waals surface area contributed by atoms with Crippen molar-refractivity contribution in [3.05, 3.63) is 23.6 Å². The maximum atomic E-state index is 10.5. The van der Waals surface area contributed by atoms with Crippen molar-refractivity contribution < 1.29 is 14.3 Å². The lowest BCUT2D eigenvalue weighted by molar-refractivity contribution is 0.112. The van der Waals surface area contributed by atoms with Crippen LogP contribution in [0.5, 0.6) is 5.75 Å².